The van der Waals surface area contributed by atoms with Gasteiger partial charge in [-0.15, -0.1) is 12.4 Å². The minimum absolute atomic E-state index is 0. The predicted octanol–water partition coefficient (Wildman–Crippen LogP) is 1.37. The van der Waals surface area contributed by atoms with E-state index >= 15 is 0 Å². The molecule has 0 fully saturated rings. The second-order valence-electron chi connectivity index (χ2n) is 3.66. The van der Waals surface area contributed by atoms with Crippen molar-refractivity contribution in [1.82, 2.24) is 5.32 Å². The van der Waals surface area contributed by atoms with Gasteiger partial charge in [-0.3, -0.25) is 14.9 Å². The van der Waals surface area contributed by atoms with Crippen molar-refractivity contribution in [3.05, 3.63) is 39.9 Å². The van der Waals surface area contributed by atoms with E-state index in [0.717, 1.165) is 5.56 Å². The third-order valence-electron chi connectivity index (χ3n) is 2.39. The Labute approximate surface area is 111 Å². The van der Waals surface area contributed by atoms with Gasteiger partial charge < -0.3 is 11.1 Å². The molecule has 0 saturated heterocycles. The Hall–Kier alpha value is -1.66. The highest BCUT2D eigenvalue weighted by molar-refractivity contribution is 5.85. The molecule has 3 N–H and O–H groups in total. The molecule has 100 valence electrons. The first-order valence-corrected chi connectivity index (χ1v) is 5.31. The van der Waals surface area contributed by atoms with Crippen molar-refractivity contribution in [2.24, 2.45) is 5.73 Å². The smallest absolute Gasteiger partial charge is 0.269 e. The Bertz CT molecular complexity index is 408. The van der Waals surface area contributed by atoms with E-state index in [0.29, 0.717) is 13.0 Å². The summed E-state index contributed by atoms with van der Waals surface area (Å²) in [6, 6.07) is 5.52. The molecule has 1 amide bonds. The minimum atomic E-state index is -0.506. The standard InChI is InChI=1S/C11H15N3O3.ClH/c1-2-10(12)11(15)13-7-8-3-5-9(6-4-8)14(16)17;/h3-6,10H,2,7,12H2,1H3,(H,13,15);1H/t10-;/m0./s1. The number of amides is 1. The molecule has 18 heavy (non-hydrogen) atoms. The van der Waals surface area contributed by atoms with Crippen LogP contribution >= 0.6 is 12.4 Å². The summed E-state index contributed by atoms with van der Waals surface area (Å²) in [6.45, 7) is 2.15. The molecule has 7 heteroatoms. The number of carbonyl (C=O) groups excluding carboxylic acids is 1. The lowest BCUT2D eigenvalue weighted by Crippen LogP contribution is -2.39. The number of nitrogens with two attached hydrogens (primary N) is 1. The van der Waals surface area contributed by atoms with Gasteiger partial charge in [-0.25, -0.2) is 0 Å². The maximum Gasteiger partial charge on any atom is 0.269 e. The maximum atomic E-state index is 11.4. The highest BCUT2D eigenvalue weighted by Gasteiger charge is 2.10. The topological polar surface area (TPSA) is 98.3 Å². The van der Waals surface area contributed by atoms with E-state index in [2.05, 4.69) is 5.32 Å². The molecule has 0 spiro atoms. The van der Waals surface area contributed by atoms with Gasteiger partial charge in [-0.05, 0) is 12.0 Å². The van der Waals surface area contributed by atoms with Gasteiger partial charge in [0.05, 0.1) is 11.0 Å². The number of non-ortho nitro benzene ring substituents is 1. The van der Waals surface area contributed by atoms with Gasteiger partial charge in [-0.1, -0.05) is 19.1 Å². The third kappa shape index (κ3) is 4.68. The Morgan fingerprint density at radius 3 is 2.44 bits per heavy atom. The second-order valence-corrected chi connectivity index (χ2v) is 3.66. The lowest BCUT2D eigenvalue weighted by molar-refractivity contribution is -0.384. The summed E-state index contributed by atoms with van der Waals surface area (Å²) in [4.78, 5) is 21.3. The molecule has 0 unspecified atom stereocenters. The first kappa shape index (κ1) is 16.3. The van der Waals surface area contributed by atoms with Gasteiger partial charge in [-0.2, -0.15) is 0 Å². The molecule has 0 bridgehead atoms. The van der Waals surface area contributed by atoms with E-state index in [1.54, 1.807) is 12.1 Å². The maximum absolute atomic E-state index is 11.4. The number of halogens is 1. The van der Waals surface area contributed by atoms with Crippen molar-refractivity contribution in [1.29, 1.82) is 0 Å². The number of nitrogens with one attached hydrogen (secondary N) is 1. The highest BCUT2D eigenvalue weighted by Crippen LogP contribution is 2.11. The van der Waals surface area contributed by atoms with Gasteiger partial charge in [0.1, 0.15) is 0 Å². The molecule has 6 nitrogen and oxygen atoms in total. The van der Waals surface area contributed by atoms with E-state index < -0.39 is 11.0 Å². The van der Waals surface area contributed by atoms with Crippen LogP contribution in [0.4, 0.5) is 5.69 Å². The first-order valence-electron chi connectivity index (χ1n) is 5.31. The Kier molecular flexibility index (Phi) is 6.92. The largest absolute Gasteiger partial charge is 0.351 e. The van der Waals surface area contributed by atoms with Crippen LogP contribution in [-0.2, 0) is 11.3 Å². The Balaban J connectivity index is 0.00000289. The van der Waals surface area contributed by atoms with Crippen molar-refractivity contribution >= 4 is 24.0 Å². The zero-order valence-electron chi connectivity index (χ0n) is 9.96. The van der Waals surface area contributed by atoms with Crippen LogP contribution in [0.25, 0.3) is 0 Å². The van der Waals surface area contributed by atoms with Gasteiger partial charge >= 0.3 is 0 Å². The average Bonchev–Trinajstić information content (AvgIpc) is 2.35. The van der Waals surface area contributed by atoms with Crippen molar-refractivity contribution in [2.75, 3.05) is 0 Å². The Morgan fingerprint density at radius 1 is 1.44 bits per heavy atom. The van der Waals surface area contributed by atoms with E-state index in [4.69, 9.17) is 5.73 Å². The summed E-state index contributed by atoms with van der Waals surface area (Å²) in [5.74, 6) is -0.217. The fourth-order valence-corrected chi connectivity index (χ4v) is 1.24. The van der Waals surface area contributed by atoms with E-state index in [9.17, 15) is 14.9 Å². The van der Waals surface area contributed by atoms with Crippen molar-refractivity contribution in [2.45, 2.75) is 25.9 Å². The normalized spacial score (nSPS) is 11.2. The molecular weight excluding hydrogens is 258 g/mol. The molecule has 0 aliphatic heterocycles. The predicted molar refractivity (Wildman–Crippen MR) is 70.5 cm³/mol. The average molecular weight is 274 g/mol. The summed E-state index contributed by atoms with van der Waals surface area (Å²) in [7, 11) is 0. The summed E-state index contributed by atoms with van der Waals surface area (Å²) in [5.41, 5.74) is 6.37. The lowest BCUT2D eigenvalue weighted by atomic mass is 10.2. The van der Waals surface area contributed by atoms with E-state index in [1.165, 1.54) is 12.1 Å². The van der Waals surface area contributed by atoms with Crippen LogP contribution in [0.2, 0.25) is 0 Å². The summed E-state index contributed by atoms with van der Waals surface area (Å²) in [5, 5.41) is 13.1. The number of nitro groups is 1. The van der Waals surface area contributed by atoms with Crippen molar-refractivity contribution in [3.8, 4) is 0 Å². The third-order valence-corrected chi connectivity index (χ3v) is 2.39. The minimum Gasteiger partial charge on any atom is -0.351 e. The molecule has 0 heterocycles. The number of rotatable bonds is 5. The van der Waals surface area contributed by atoms with Gasteiger partial charge in [0, 0.05) is 18.7 Å². The first-order chi connectivity index (χ1) is 8.04. The van der Waals surface area contributed by atoms with Crippen LogP contribution in [0.5, 0.6) is 0 Å². The number of nitrogens with zero attached hydrogens (tertiary/aromatic N) is 1. The summed E-state index contributed by atoms with van der Waals surface area (Å²) >= 11 is 0. The highest BCUT2D eigenvalue weighted by atomic mass is 35.5. The van der Waals surface area contributed by atoms with Crippen molar-refractivity contribution < 1.29 is 9.72 Å². The SMILES string of the molecule is CC[C@H](N)C(=O)NCc1ccc([N+](=O)[O-])cc1.Cl. The van der Waals surface area contributed by atoms with Crippen LogP contribution in [0.3, 0.4) is 0 Å². The fraction of sp³-hybridized carbons (Fsp3) is 0.364. The number of hydrogen-bond acceptors (Lipinski definition) is 4. The molecule has 0 saturated carbocycles. The molecule has 0 radical (unpaired) electrons. The molecular formula is C11H16ClN3O3. The van der Waals surface area contributed by atoms with Crippen LogP contribution < -0.4 is 11.1 Å². The summed E-state index contributed by atoms with van der Waals surface area (Å²) in [6.07, 6.45) is 0.575. The Morgan fingerprint density at radius 2 is 2.00 bits per heavy atom. The number of carbonyl (C=O) groups is 1. The molecule has 1 rings (SSSR count). The molecule has 0 aliphatic rings. The molecule has 1 aromatic rings. The van der Waals surface area contributed by atoms with Crippen molar-refractivity contribution in [3.63, 3.8) is 0 Å². The molecule has 0 aromatic heterocycles. The quantitative estimate of drug-likeness (QED) is 0.625. The number of nitro benzene ring substituents is 1. The number of benzene rings is 1. The van der Waals surface area contributed by atoms with Gasteiger partial charge in [0.15, 0.2) is 0 Å². The zero-order valence-corrected chi connectivity index (χ0v) is 10.8. The second kappa shape index (κ2) is 7.62. The lowest BCUT2D eigenvalue weighted by Gasteiger charge is -2.09. The molecule has 1 atom stereocenters. The fourth-order valence-electron chi connectivity index (χ4n) is 1.24. The molecule has 1 aromatic carbocycles. The van der Waals surface area contributed by atoms with E-state index in [-0.39, 0.29) is 24.0 Å². The van der Waals surface area contributed by atoms with E-state index in [1.807, 2.05) is 6.92 Å². The summed E-state index contributed by atoms with van der Waals surface area (Å²) < 4.78 is 0. The monoisotopic (exact) mass is 273 g/mol. The van der Waals surface area contributed by atoms with Gasteiger partial charge in [0.2, 0.25) is 5.91 Å². The van der Waals surface area contributed by atoms with Crippen LogP contribution in [0.1, 0.15) is 18.9 Å². The van der Waals surface area contributed by atoms with Crippen LogP contribution in [0.15, 0.2) is 24.3 Å². The van der Waals surface area contributed by atoms with Crippen LogP contribution in [0, 0.1) is 10.1 Å². The number of hydrogen-bond donors (Lipinski definition) is 2. The van der Waals surface area contributed by atoms with Crippen LogP contribution in [-0.4, -0.2) is 16.9 Å². The molecule has 0 aliphatic carbocycles. The zero-order chi connectivity index (χ0) is 12.8. The van der Waals surface area contributed by atoms with Gasteiger partial charge in [0.25, 0.3) is 5.69 Å².